The van der Waals surface area contributed by atoms with E-state index in [2.05, 4.69) is 47.2 Å². The molecule has 1 atom stereocenters. The van der Waals surface area contributed by atoms with Crippen molar-refractivity contribution in [1.29, 1.82) is 0 Å². The lowest BCUT2D eigenvalue weighted by Gasteiger charge is -2.19. The van der Waals surface area contributed by atoms with Crippen molar-refractivity contribution in [3.05, 3.63) is 34.9 Å². The fourth-order valence-corrected chi connectivity index (χ4v) is 4.93. The first-order valence-electron chi connectivity index (χ1n) is 12.7. The normalized spacial score (nSPS) is 14.9. The van der Waals surface area contributed by atoms with Crippen molar-refractivity contribution in [2.24, 2.45) is 11.1 Å². The van der Waals surface area contributed by atoms with Crippen molar-refractivity contribution in [2.45, 2.75) is 51.2 Å². The van der Waals surface area contributed by atoms with Crippen LogP contribution < -0.4 is 27.0 Å². The minimum atomic E-state index is -1.28. The van der Waals surface area contributed by atoms with Crippen LogP contribution in [0.2, 0.25) is 0 Å². The second kappa shape index (κ2) is 14.2. The Kier molecular flexibility index (Phi) is 11.0. The fourth-order valence-electron chi connectivity index (χ4n) is 3.56. The van der Waals surface area contributed by atoms with E-state index in [1.54, 1.807) is 30.5 Å². The zero-order valence-corrected chi connectivity index (χ0v) is 24.6. The molecule has 214 valence electrons. The first-order valence-corrected chi connectivity index (χ1v) is 14.4. The number of anilines is 4. The number of rotatable bonds is 14. The molecule has 1 aliphatic rings. The molecule has 0 saturated carbocycles. The number of primary amides is 1. The topological polar surface area (TPSA) is 185 Å². The van der Waals surface area contributed by atoms with Gasteiger partial charge in [0.05, 0.1) is 9.72 Å². The number of nitrogens with zero attached hydrogens (tertiary/aromatic N) is 2. The number of carbonyl (C=O) groups excluding carboxylic acids is 5. The number of ketones is 1. The Morgan fingerprint density at radius 3 is 2.60 bits per heavy atom. The summed E-state index contributed by atoms with van der Waals surface area (Å²) in [6.45, 7) is 3.79. The molecule has 1 aliphatic heterocycles. The van der Waals surface area contributed by atoms with Crippen LogP contribution in [0, 0.1) is 5.41 Å². The third-order valence-corrected chi connectivity index (χ3v) is 7.93. The average molecular weight is 635 g/mol. The number of hydrogen-bond acceptors (Lipinski definition) is 10. The van der Waals surface area contributed by atoms with E-state index in [0.717, 1.165) is 11.8 Å². The van der Waals surface area contributed by atoms with Crippen LogP contribution in [0.5, 0.6) is 0 Å². The van der Waals surface area contributed by atoms with Crippen molar-refractivity contribution in [3.8, 4) is 0 Å². The number of nitrogens with one attached hydrogen (secondary N) is 4. The Balaban J connectivity index is 1.47. The third-order valence-electron chi connectivity index (χ3n) is 6.10. The minimum absolute atomic E-state index is 0.0256. The predicted molar refractivity (Wildman–Crippen MR) is 157 cm³/mol. The summed E-state index contributed by atoms with van der Waals surface area (Å²) in [6.07, 6.45) is 3.25. The Morgan fingerprint density at radius 1 is 1.15 bits per heavy atom. The number of nitrogens with two attached hydrogens (primary N) is 1. The molecule has 0 bridgehead atoms. The number of amides is 3. The second-order valence-corrected chi connectivity index (χ2v) is 11.8. The summed E-state index contributed by atoms with van der Waals surface area (Å²) in [7, 11) is 0. The monoisotopic (exact) mass is 633 g/mol. The number of Topliss-reactive ketones (excluding diaryl/α,β-unsaturated/α-hetero) is 1. The summed E-state index contributed by atoms with van der Waals surface area (Å²) in [5.41, 5.74) is 5.17. The van der Waals surface area contributed by atoms with Crippen LogP contribution in [0.15, 0.2) is 34.9 Å². The molecular weight excluding hydrogens is 602 g/mol. The fraction of sp³-hybridized carbons (Fsp3) is 0.423. The Bertz CT molecular complexity index is 1290. The smallest absolute Gasteiger partial charge is 0.235 e. The first kappa shape index (κ1) is 31.0. The maximum absolute atomic E-state index is 12.4. The summed E-state index contributed by atoms with van der Waals surface area (Å²) in [4.78, 5) is 68.2. The lowest BCUT2D eigenvalue weighted by Crippen LogP contribution is -2.46. The molecule has 1 unspecified atom stereocenters. The van der Waals surface area contributed by atoms with Gasteiger partial charge in [0.1, 0.15) is 17.0 Å². The van der Waals surface area contributed by atoms with E-state index in [4.69, 9.17) is 5.73 Å². The Morgan fingerprint density at radius 2 is 1.90 bits per heavy atom. The molecule has 1 saturated heterocycles. The van der Waals surface area contributed by atoms with Crippen molar-refractivity contribution >= 4 is 79.5 Å². The maximum atomic E-state index is 12.4. The summed E-state index contributed by atoms with van der Waals surface area (Å²) in [5, 5.41) is 11.4. The SMILES string of the molecule is CC(C)(C(N)=O)C(=O)NCCCNc1nc(Nc2cccc(NC(=O)CCC(=O)C3CCC(=O)S3)c2)ncc1Br. The second-order valence-electron chi connectivity index (χ2n) is 9.65. The van der Waals surface area contributed by atoms with Crippen molar-refractivity contribution < 1.29 is 24.0 Å². The number of hydrogen-bond donors (Lipinski definition) is 5. The quantitative estimate of drug-likeness (QED) is 0.153. The first-order chi connectivity index (χ1) is 19.0. The van der Waals surface area contributed by atoms with Gasteiger partial charge in [0.25, 0.3) is 0 Å². The predicted octanol–water partition coefficient (Wildman–Crippen LogP) is 3.12. The largest absolute Gasteiger partial charge is 0.369 e. The average Bonchev–Trinajstić information content (AvgIpc) is 3.35. The number of benzene rings is 1. The molecule has 3 rings (SSSR count). The van der Waals surface area contributed by atoms with Gasteiger partial charge in [-0.3, -0.25) is 24.0 Å². The van der Waals surface area contributed by atoms with Crippen molar-refractivity contribution in [1.82, 2.24) is 15.3 Å². The van der Waals surface area contributed by atoms with Crippen LogP contribution in [0.4, 0.5) is 23.1 Å². The lowest BCUT2D eigenvalue weighted by atomic mass is 9.91. The van der Waals surface area contributed by atoms with Crippen LogP contribution in [0.3, 0.4) is 0 Å². The zero-order valence-electron chi connectivity index (χ0n) is 22.2. The molecule has 1 aromatic carbocycles. The summed E-state index contributed by atoms with van der Waals surface area (Å²) < 4.78 is 0.646. The van der Waals surface area contributed by atoms with Crippen LogP contribution in [-0.4, -0.2) is 56.9 Å². The van der Waals surface area contributed by atoms with E-state index in [0.29, 0.717) is 60.0 Å². The van der Waals surface area contributed by atoms with Gasteiger partial charge < -0.3 is 27.0 Å². The van der Waals surface area contributed by atoms with Crippen LogP contribution in [-0.2, 0) is 24.0 Å². The van der Waals surface area contributed by atoms with Crippen LogP contribution >= 0.6 is 27.7 Å². The third kappa shape index (κ3) is 9.01. The van der Waals surface area contributed by atoms with E-state index in [1.807, 2.05) is 0 Å². The van der Waals surface area contributed by atoms with Gasteiger partial charge in [0, 0.05) is 49.9 Å². The molecule has 12 nitrogen and oxygen atoms in total. The molecule has 2 heterocycles. The number of carbonyl (C=O) groups is 5. The standard InChI is InChI=1S/C26H32BrN7O5S/c1-26(2,23(28)38)24(39)30-12-4-11-29-22-17(27)14-31-25(34-22)33-16-6-3-5-15(13-16)32-20(36)9-7-18(35)19-8-10-21(37)40-19/h3,5-6,13-14,19H,4,7-12H2,1-2H3,(H2,28,38)(H,30,39)(H,32,36)(H2,29,31,33,34). The van der Waals surface area contributed by atoms with Gasteiger partial charge in [-0.2, -0.15) is 4.98 Å². The minimum Gasteiger partial charge on any atom is -0.369 e. The number of aromatic nitrogens is 2. The van der Waals surface area contributed by atoms with Gasteiger partial charge in [-0.15, -0.1) is 0 Å². The highest BCUT2D eigenvalue weighted by molar-refractivity contribution is 9.10. The van der Waals surface area contributed by atoms with Gasteiger partial charge in [-0.25, -0.2) is 4.98 Å². The summed E-state index contributed by atoms with van der Waals surface area (Å²) in [5.74, 6) is -0.624. The Labute approximate surface area is 244 Å². The number of halogens is 1. The Hall–Kier alpha value is -3.52. The summed E-state index contributed by atoms with van der Waals surface area (Å²) in [6, 6.07) is 7.01. The zero-order chi connectivity index (χ0) is 29.3. The van der Waals surface area contributed by atoms with Gasteiger partial charge in [-0.1, -0.05) is 17.8 Å². The van der Waals surface area contributed by atoms with Crippen molar-refractivity contribution in [3.63, 3.8) is 0 Å². The van der Waals surface area contributed by atoms with E-state index in [1.165, 1.54) is 13.8 Å². The molecule has 0 radical (unpaired) electrons. The van der Waals surface area contributed by atoms with Crippen LogP contribution in [0.1, 0.15) is 46.0 Å². The highest BCUT2D eigenvalue weighted by atomic mass is 79.9. The number of thioether (sulfide) groups is 1. The molecule has 40 heavy (non-hydrogen) atoms. The summed E-state index contributed by atoms with van der Waals surface area (Å²) >= 11 is 4.48. The van der Waals surface area contributed by atoms with Gasteiger partial charge in [0.2, 0.25) is 23.7 Å². The van der Waals surface area contributed by atoms with E-state index < -0.39 is 17.2 Å². The molecule has 0 spiro atoms. The molecule has 1 fully saturated rings. The molecule has 3 amide bonds. The molecule has 0 aliphatic carbocycles. The van der Waals surface area contributed by atoms with Gasteiger partial charge in [-0.05, 0) is 60.8 Å². The maximum Gasteiger partial charge on any atom is 0.235 e. The van der Waals surface area contributed by atoms with E-state index in [9.17, 15) is 24.0 Å². The lowest BCUT2D eigenvalue weighted by molar-refractivity contribution is -0.139. The van der Waals surface area contributed by atoms with Crippen molar-refractivity contribution in [2.75, 3.05) is 29.0 Å². The molecule has 6 N–H and O–H groups in total. The van der Waals surface area contributed by atoms with Gasteiger partial charge in [0.15, 0.2) is 5.12 Å². The van der Waals surface area contributed by atoms with E-state index in [-0.39, 0.29) is 34.9 Å². The molecular formula is C26H32BrN7O5S. The molecule has 14 heteroatoms. The highest BCUT2D eigenvalue weighted by Gasteiger charge is 2.33. The highest BCUT2D eigenvalue weighted by Crippen LogP contribution is 2.29. The van der Waals surface area contributed by atoms with Crippen LogP contribution in [0.25, 0.3) is 0 Å². The molecule has 2 aromatic rings. The van der Waals surface area contributed by atoms with E-state index >= 15 is 0 Å². The molecule has 1 aromatic heterocycles. The van der Waals surface area contributed by atoms with Gasteiger partial charge >= 0.3 is 0 Å².